The van der Waals surface area contributed by atoms with Gasteiger partial charge in [0.25, 0.3) is 5.69 Å². The molecule has 0 radical (unpaired) electrons. The van der Waals surface area contributed by atoms with Gasteiger partial charge in [0, 0.05) is 17.7 Å². The Balaban J connectivity index is 2.28. The molecule has 1 unspecified atom stereocenters. The molecule has 2 rings (SSSR count). The number of rotatable bonds is 6. The third kappa shape index (κ3) is 3.51. The van der Waals surface area contributed by atoms with E-state index in [0.29, 0.717) is 11.3 Å². The molecule has 6 nitrogen and oxygen atoms in total. The first-order valence-corrected chi connectivity index (χ1v) is 7.07. The van der Waals surface area contributed by atoms with Crippen molar-refractivity contribution < 1.29 is 19.6 Å². The van der Waals surface area contributed by atoms with Crippen LogP contribution in [0.2, 0.25) is 0 Å². The number of carbonyl (C=O) groups is 1. The lowest BCUT2D eigenvalue weighted by Crippen LogP contribution is -2.24. The molecule has 1 saturated carbocycles. The number of methoxy groups -OCH3 is 1. The molecule has 0 amide bonds. The smallest absolute Gasteiger partial charge is 0.307 e. The maximum Gasteiger partial charge on any atom is 0.307 e. The number of carboxylic acid groups (broad SMARTS) is 1. The quantitative estimate of drug-likeness (QED) is 0.643. The van der Waals surface area contributed by atoms with Crippen LogP contribution in [0.1, 0.15) is 31.2 Å². The van der Waals surface area contributed by atoms with Gasteiger partial charge in [-0.2, -0.15) is 0 Å². The van der Waals surface area contributed by atoms with Crippen molar-refractivity contribution in [3.8, 4) is 5.75 Å². The number of nitro groups is 1. The fourth-order valence-electron chi connectivity index (χ4n) is 3.09. The van der Waals surface area contributed by atoms with E-state index < -0.39 is 16.8 Å². The monoisotopic (exact) mass is 293 g/mol. The second-order valence-electron chi connectivity index (χ2n) is 5.45. The summed E-state index contributed by atoms with van der Waals surface area (Å²) in [4.78, 5) is 21.9. The Morgan fingerprint density at radius 2 is 2.14 bits per heavy atom. The number of hydrogen-bond acceptors (Lipinski definition) is 4. The van der Waals surface area contributed by atoms with Crippen molar-refractivity contribution in [2.24, 2.45) is 11.8 Å². The number of non-ortho nitro benzene ring substituents is 1. The van der Waals surface area contributed by atoms with E-state index in [1.807, 2.05) is 0 Å². The van der Waals surface area contributed by atoms with Gasteiger partial charge < -0.3 is 9.84 Å². The molecule has 1 aromatic rings. The number of aliphatic carboxylic acids is 1. The largest absolute Gasteiger partial charge is 0.496 e. The minimum Gasteiger partial charge on any atom is -0.496 e. The van der Waals surface area contributed by atoms with Crippen LogP contribution < -0.4 is 4.74 Å². The second-order valence-corrected chi connectivity index (χ2v) is 5.45. The summed E-state index contributed by atoms with van der Waals surface area (Å²) in [7, 11) is 1.48. The van der Waals surface area contributed by atoms with Gasteiger partial charge in [-0.1, -0.05) is 12.8 Å². The predicted octanol–water partition coefficient (Wildman–Crippen LogP) is 3.04. The highest BCUT2D eigenvalue weighted by Gasteiger charge is 2.31. The van der Waals surface area contributed by atoms with Crippen LogP contribution in [-0.2, 0) is 11.2 Å². The average molecular weight is 293 g/mol. The SMILES string of the molecule is COc1ccc([N+](=O)[O-])cc1CC(C(=O)O)C1CCCC1. The number of nitro benzene ring substituents is 1. The summed E-state index contributed by atoms with van der Waals surface area (Å²) < 4.78 is 5.21. The Hall–Kier alpha value is -2.11. The van der Waals surface area contributed by atoms with Crippen LogP contribution in [0.5, 0.6) is 5.75 Å². The highest BCUT2D eigenvalue weighted by molar-refractivity contribution is 5.71. The first kappa shape index (κ1) is 15.3. The van der Waals surface area contributed by atoms with Gasteiger partial charge in [-0.3, -0.25) is 14.9 Å². The van der Waals surface area contributed by atoms with Crippen molar-refractivity contribution in [1.82, 2.24) is 0 Å². The topological polar surface area (TPSA) is 89.7 Å². The summed E-state index contributed by atoms with van der Waals surface area (Å²) in [5.41, 5.74) is 0.548. The van der Waals surface area contributed by atoms with Gasteiger partial charge in [-0.15, -0.1) is 0 Å². The minimum atomic E-state index is -0.838. The van der Waals surface area contributed by atoms with Gasteiger partial charge in [-0.05, 0) is 31.2 Å². The summed E-state index contributed by atoms with van der Waals surface area (Å²) in [5, 5.41) is 20.3. The lowest BCUT2D eigenvalue weighted by molar-refractivity contribution is -0.384. The third-order valence-corrected chi connectivity index (χ3v) is 4.20. The van der Waals surface area contributed by atoms with Crippen molar-refractivity contribution in [1.29, 1.82) is 0 Å². The molecule has 0 spiro atoms. The normalized spacial score (nSPS) is 16.6. The predicted molar refractivity (Wildman–Crippen MR) is 76.4 cm³/mol. The van der Waals surface area contributed by atoms with Crippen molar-refractivity contribution >= 4 is 11.7 Å². The summed E-state index contributed by atoms with van der Waals surface area (Å²) in [6.45, 7) is 0. The molecule has 0 aromatic heterocycles. The molecular weight excluding hydrogens is 274 g/mol. The van der Waals surface area contributed by atoms with Crippen LogP contribution in [0.4, 0.5) is 5.69 Å². The van der Waals surface area contributed by atoms with Gasteiger partial charge in [0.05, 0.1) is 18.0 Å². The zero-order chi connectivity index (χ0) is 15.4. The molecule has 0 saturated heterocycles. The minimum absolute atomic E-state index is 0.0404. The van der Waals surface area contributed by atoms with E-state index in [-0.39, 0.29) is 18.0 Å². The molecule has 1 aliphatic rings. The molecule has 114 valence electrons. The Kier molecular flexibility index (Phi) is 4.77. The fraction of sp³-hybridized carbons (Fsp3) is 0.533. The van der Waals surface area contributed by atoms with Gasteiger partial charge in [-0.25, -0.2) is 0 Å². The van der Waals surface area contributed by atoms with Crippen LogP contribution in [-0.4, -0.2) is 23.1 Å². The van der Waals surface area contributed by atoms with E-state index in [1.54, 1.807) is 0 Å². The highest BCUT2D eigenvalue weighted by atomic mass is 16.6. The lowest BCUT2D eigenvalue weighted by atomic mass is 9.85. The van der Waals surface area contributed by atoms with E-state index in [1.165, 1.54) is 25.3 Å². The molecule has 1 N–H and O–H groups in total. The van der Waals surface area contributed by atoms with E-state index >= 15 is 0 Å². The Labute approximate surface area is 122 Å². The maximum atomic E-state index is 11.5. The van der Waals surface area contributed by atoms with Gasteiger partial charge >= 0.3 is 5.97 Å². The van der Waals surface area contributed by atoms with Gasteiger partial charge in [0.2, 0.25) is 0 Å². The molecule has 6 heteroatoms. The van der Waals surface area contributed by atoms with Crippen LogP contribution in [0, 0.1) is 22.0 Å². The Morgan fingerprint density at radius 1 is 1.48 bits per heavy atom. The molecule has 1 fully saturated rings. The van der Waals surface area contributed by atoms with E-state index in [4.69, 9.17) is 4.74 Å². The molecular formula is C15H19NO5. The van der Waals surface area contributed by atoms with E-state index in [2.05, 4.69) is 0 Å². The zero-order valence-electron chi connectivity index (χ0n) is 11.9. The lowest BCUT2D eigenvalue weighted by Gasteiger charge is -2.20. The highest BCUT2D eigenvalue weighted by Crippen LogP contribution is 2.35. The van der Waals surface area contributed by atoms with Gasteiger partial charge in [0.15, 0.2) is 0 Å². The van der Waals surface area contributed by atoms with Crippen LogP contribution in [0.15, 0.2) is 18.2 Å². The molecule has 0 bridgehead atoms. The number of nitrogens with zero attached hydrogens (tertiary/aromatic N) is 1. The van der Waals surface area contributed by atoms with Crippen LogP contribution >= 0.6 is 0 Å². The first-order chi connectivity index (χ1) is 10.0. The summed E-state index contributed by atoms with van der Waals surface area (Å²) in [6.07, 6.45) is 4.20. The second kappa shape index (κ2) is 6.56. The van der Waals surface area contributed by atoms with Crippen molar-refractivity contribution in [3.63, 3.8) is 0 Å². The first-order valence-electron chi connectivity index (χ1n) is 7.07. The van der Waals surface area contributed by atoms with Crippen molar-refractivity contribution in [2.45, 2.75) is 32.1 Å². The van der Waals surface area contributed by atoms with Crippen molar-refractivity contribution in [3.05, 3.63) is 33.9 Å². The summed E-state index contributed by atoms with van der Waals surface area (Å²) in [5.74, 6) is -0.699. The van der Waals surface area contributed by atoms with Gasteiger partial charge in [0.1, 0.15) is 5.75 Å². The summed E-state index contributed by atoms with van der Waals surface area (Å²) in [6, 6.07) is 4.32. The van der Waals surface area contributed by atoms with E-state index in [0.717, 1.165) is 25.7 Å². The molecule has 21 heavy (non-hydrogen) atoms. The van der Waals surface area contributed by atoms with Crippen molar-refractivity contribution in [2.75, 3.05) is 7.11 Å². The molecule has 0 aliphatic heterocycles. The van der Waals surface area contributed by atoms with E-state index in [9.17, 15) is 20.0 Å². The number of hydrogen-bond donors (Lipinski definition) is 1. The number of ether oxygens (including phenoxy) is 1. The fourth-order valence-corrected chi connectivity index (χ4v) is 3.09. The molecule has 0 heterocycles. The molecule has 1 aromatic carbocycles. The number of benzene rings is 1. The van der Waals surface area contributed by atoms with Crippen LogP contribution in [0.25, 0.3) is 0 Å². The maximum absolute atomic E-state index is 11.5. The Morgan fingerprint density at radius 3 is 2.67 bits per heavy atom. The molecule has 1 aliphatic carbocycles. The third-order valence-electron chi connectivity index (χ3n) is 4.20. The summed E-state index contributed by atoms with van der Waals surface area (Å²) >= 11 is 0. The number of carboxylic acids is 1. The zero-order valence-corrected chi connectivity index (χ0v) is 11.9. The van der Waals surface area contributed by atoms with Crippen LogP contribution in [0.3, 0.4) is 0 Å². The average Bonchev–Trinajstić information content (AvgIpc) is 2.97. The standard InChI is InChI=1S/C15H19NO5/c1-21-14-7-6-12(16(19)20)8-11(14)9-13(15(17)18)10-4-2-3-5-10/h6-8,10,13H,2-5,9H2,1H3,(H,17,18). The molecule has 1 atom stereocenters. The Bertz CT molecular complexity index is 537.